The topological polar surface area (TPSA) is 138 Å². The second-order valence-corrected chi connectivity index (χ2v) is 3.97. The van der Waals surface area contributed by atoms with E-state index in [1.807, 2.05) is 6.07 Å². The van der Waals surface area contributed by atoms with E-state index in [1.165, 1.54) is 6.20 Å². The number of fused-ring (bicyclic) bond motifs is 1. The van der Waals surface area contributed by atoms with Crippen LogP contribution >= 0.6 is 0 Å². The summed E-state index contributed by atoms with van der Waals surface area (Å²) in [6.07, 6.45) is -3.00. The Morgan fingerprint density at radius 2 is 1.68 bits per heavy atom. The monoisotopic (exact) mass is 268 g/mol. The Balaban J connectivity index is 0.00000180. The predicted molar refractivity (Wildman–Crippen MR) is 67.2 cm³/mol. The summed E-state index contributed by atoms with van der Waals surface area (Å²) in [6, 6.07) is 7.11. The van der Waals surface area contributed by atoms with Crippen molar-refractivity contribution >= 4 is 11.0 Å². The Labute approximate surface area is 109 Å². The number of hydrogen-bond acceptors (Lipinski definition) is 6. The van der Waals surface area contributed by atoms with Crippen molar-refractivity contribution in [3.63, 3.8) is 0 Å². The van der Waals surface area contributed by atoms with E-state index in [9.17, 15) is 15.3 Å². The van der Waals surface area contributed by atoms with Crippen molar-refractivity contribution in [1.82, 2.24) is 9.97 Å². The molecule has 1 heterocycles. The van der Waals surface area contributed by atoms with Crippen molar-refractivity contribution in [3.8, 4) is 0 Å². The molecule has 19 heavy (non-hydrogen) atoms. The van der Waals surface area contributed by atoms with Crippen molar-refractivity contribution in [1.29, 1.82) is 0 Å². The quantitative estimate of drug-likeness (QED) is 0.535. The summed E-state index contributed by atoms with van der Waals surface area (Å²) in [6.45, 7) is -0.640. The minimum Gasteiger partial charge on any atom is -0.412 e. The van der Waals surface area contributed by atoms with Gasteiger partial charge in [-0.3, -0.25) is 4.98 Å². The van der Waals surface area contributed by atoms with Crippen LogP contribution in [0.5, 0.6) is 0 Å². The van der Waals surface area contributed by atoms with Gasteiger partial charge < -0.3 is 25.9 Å². The highest BCUT2D eigenvalue weighted by atomic mass is 16.4. The van der Waals surface area contributed by atoms with Crippen LogP contribution in [0, 0.1) is 0 Å². The van der Waals surface area contributed by atoms with Gasteiger partial charge in [-0.25, -0.2) is 4.98 Å². The van der Waals surface area contributed by atoms with E-state index in [0.717, 1.165) is 0 Å². The highest BCUT2D eigenvalue weighted by Gasteiger charge is 2.26. The van der Waals surface area contributed by atoms with Crippen LogP contribution in [0.25, 0.3) is 11.0 Å². The van der Waals surface area contributed by atoms with Gasteiger partial charge in [-0.1, -0.05) is 12.1 Å². The van der Waals surface area contributed by atoms with Gasteiger partial charge in [0.2, 0.25) is 0 Å². The molecule has 0 bridgehead atoms. The Morgan fingerprint density at radius 1 is 1.05 bits per heavy atom. The normalized spacial score (nSPS) is 15.6. The highest BCUT2D eigenvalue weighted by molar-refractivity contribution is 5.73. The lowest BCUT2D eigenvalue weighted by atomic mass is 10.1. The maximum atomic E-state index is 9.83. The van der Waals surface area contributed by atoms with Crippen LogP contribution in [0.3, 0.4) is 0 Å². The molecule has 0 radical (unpaired) electrons. The lowest BCUT2D eigenvalue weighted by Crippen LogP contribution is -2.35. The van der Waals surface area contributed by atoms with Gasteiger partial charge >= 0.3 is 0 Å². The highest BCUT2D eigenvalue weighted by Crippen LogP contribution is 2.18. The van der Waals surface area contributed by atoms with E-state index in [0.29, 0.717) is 11.0 Å². The van der Waals surface area contributed by atoms with Crippen LogP contribution in [-0.2, 0) is 0 Å². The molecule has 0 aliphatic rings. The van der Waals surface area contributed by atoms with Crippen LogP contribution in [0.1, 0.15) is 11.8 Å². The third kappa shape index (κ3) is 3.22. The molecule has 6 N–H and O–H groups in total. The molecule has 1 aromatic heterocycles. The fourth-order valence-corrected chi connectivity index (χ4v) is 1.61. The van der Waals surface area contributed by atoms with E-state index >= 15 is 0 Å². The lowest BCUT2D eigenvalue weighted by molar-refractivity contribution is -0.0789. The zero-order valence-corrected chi connectivity index (χ0v) is 10.0. The van der Waals surface area contributed by atoms with Crippen molar-refractivity contribution in [2.24, 2.45) is 0 Å². The summed E-state index contributed by atoms with van der Waals surface area (Å²) in [5.41, 5.74) is 1.40. The summed E-state index contributed by atoms with van der Waals surface area (Å²) in [5.74, 6) is 0. The Hall–Kier alpha value is -1.64. The molecular weight excluding hydrogens is 252 g/mol. The van der Waals surface area contributed by atoms with Crippen LogP contribution in [0.2, 0.25) is 0 Å². The van der Waals surface area contributed by atoms with E-state index in [-0.39, 0.29) is 11.2 Å². The van der Waals surface area contributed by atoms with Crippen LogP contribution in [0.4, 0.5) is 0 Å². The van der Waals surface area contributed by atoms with Gasteiger partial charge in [-0.05, 0) is 12.1 Å². The second-order valence-electron chi connectivity index (χ2n) is 3.97. The fourth-order valence-electron chi connectivity index (χ4n) is 1.61. The molecule has 0 saturated heterocycles. The van der Waals surface area contributed by atoms with Gasteiger partial charge in [-0.2, -0.15) is 0 Å². The summed E-state index contributed by atoms with van der Waals surface area (Å²) in [7, 11) is 0. The average molecular weight is 268 g/mol. The molecule has 3 unspecified atom stereocenters. The molecule has 3 atom stereocenters. The summed E-state index contributed by atoms with van der Waals surface area (Å²) < 4.78 is 0. The Kier molecular flexibility index (Phi) is 5.28. The number of aromatic nitrogens is 2. The number of hydrogen-bond donors (Lipinski definition) is 4. The smallest absolute Gasteiger partial charge is 0.126 e. The standard InChI is InChI=1S/C12H14N2O4.H2O/c15-6-10(16)12(18)11(17)9-5-13-7-3-1-2-4-8(7)14-9;/h1-5,10-12,15-18H,6H2;1H2. The van der Waals surface area contributed by atoms with Crippen LogP contribution in [-0.4, -0.2) is 54.7 Å². The van der Waals surface area contributed by atoms with Gasteiger partial charge in [0.25, 0.3) is 0 Å². The van der Waals surface area contributed by atoms with Gasteiger partial charge in [0.15, 0.2) is 0 Å². The number of nitrogens with zero attached hydrogens (tertiary/aromatic N) is 2. The molecule has 2 aromatic rings. The minimum absolute atomic E-state index is 0. The molecule has 0 aliphatic carbocycles. The number of aliphatic hydroxyl groups excluding tert-OH is 4. The average Bonchev–Trinajstić information content (AvgIpc) is 2.44. The zero-order valence-electron chi connectivity index (χ0n) is 10.0. The summed E-state index contributed by atoms with van der Waals surface area (Å²) in [4.78, 5) is 8.24. The fraction of sp³-hybridized carbons (Fsp3) is 0.333. The van der Waals surface area contributed by atoms with Gasteiger partial charge in [-0.15, -0.1) is 0 Å². The largest absolute Gasteiger partial charge is 0.412 e. The predicted octanol–water partition coefficient (Wildman–Crippen LogP) is -1.45. The van der Waals surface area contributed by atoms with Gasteiger partial charge in [0, 0.05) is 0 Å². The Morgan fingerprint density at radius 3 is 2.32 bits per heavy atom. The maximum absolute atomic E-state index is 9.83. The van der Waals surface area contributed by atoms with E-state index in [1.54, 1.807) is 18.2 Å². The molecule has 0 saturated carbocycles. The first-order valence-electron chi connectivity index (χ1n) is 5.50. The van der Waals surface area contributed by atoms with E-state index in [2.05, 4.69) is 9.97 Å². The third-order valence-corrected chi connectivity index (χ3v) is 2.67. The van der Waals surface area contributed by atoms with Crippen LogP contribution < -0.4 is 0 Å². The molecule has 0 amide bonds. The molecule has 1 aromatic carbocycles. The molecule has 0 aliphatic heterocycles. The zero-order chi connectivity index (χ0) is 13.1. The Bertz CT molecular complexity index is 536. The third-order valence-electron chi connectivity index (χ3n) is 2.67. The first kappa shape index (κ1) is 15.4. The molecule has 7 heteroatoms. The lowest BCUT2D eigenvalue weighted by Gasteiger charge is -2.20. The van der Waals surface area contributed by atoms with Crippen LogP contribution in [0.15, 0.2) is 30.5 Å². The van der Waals surface area contributed by atoms with Gasteiger partial charge in [0.05, 0.1) is 29.5 Å². The molecule has 104 valence electrons. The van der Waals surface area contributed by atoms with Crippen molar-refractivity contribution in [2.45, 2.75) is 18.3 Å². The summed E-state index contributed by atoms with van der Waals surface area (Å²) >= 11 is 0. The molecule has 0 spiro atoms. The van der Waals surface area contributed by atoms with Crippen molar-refractivity contribution in [3.05, 3.63) is 36.2 Å². The van der Waals surface area contributed by atoms with Crippen molar-refractivity contribution < 1.29 is 25.9 Å². The molecule has 0 fully saturated rings. The molecule has 2 rings (SSSR count). The maximum Gasteiger partial charge on any atom is 0.126 e. The number of para-hydroxylation sites is 2. The first-order chi connectivity index (χ1) is 8.63. The molecule has 7 nitrogen and oxygen atoms in total. The van der Waals surface area contributed by atoms with Crippen molar-refractivity contribution in [2.75, 3.05) is 6.61 Å². The van der Waals surface area contributed by atoms with E-state index < -0.39 is 24.9 Å². The SMILES string of the molecule is O.OCC(O)C(O)C(O)c1cnc2ccccc2n1. The van der Waals surface area contributed by atoms with E-state index in [4.69, 9.17) is 5.11 Å². The second kappa shape index (κ2) is 6.50. The minimum atomic E-state index is -1.51. The first-order valence-corrected chi connectivity index (χ1v) is 5.50. The number of rotatable bonds is 4. The van der Waals surface area contributed by atoms with Gasteiger partial charge in [0.1, 0.15) is 18.3 Å². The number of benzene rings is 1. The summed E-state index contributed by atoms with van der Waals surface area (Å²) in [5, 5.41) is 37.4. The number of aliphatic hydroxyl groups is 4. The molecular formula is C12H16N2O5.